The quantitative estimate of drug-likeness (QED) is 0.313. The fourth-order valence-corrected chi connectivity index (χ4v) is 2.12. The molecule has 0 fully saturated rings. The van der Waals surface area contributed by atoms with Crippen molar-refractivity contribution in [2.24, 2.45) is 5.41 Å². The molecule has 0 aliphatic rings. The first kappa shape index (κ1) is 26.0. The summed E-state index contributed by atoms with van der Waals surface area (Å²) in [5.74, 6) is 0. The summed E-state index contributed by atoms with van der Waals surface area (Å²) in [5.41, 5.74) is 3.52. The summed E-state index contributed by atoms with van der Waals surface area (Å²) in [6, 6.07) is 26.0. The summed E-state index contributed by atoms with van der Waals surface area (Å²) >= 11 is 0. The molecular formula is C26H35Y-. The van der Waals surface area contributed by atoms with Crippen molar-refractivity contribution in [2.45, 2.75) is 60.8 Å². The number of fused-ring (bicyclic) bond motifs is 1. The average Bonchev–Trinajstić information content (AvgIpc) is 2.54. The minimum absolute atomic E-state index is 0. The van der Waals surface area contributed by atoms with Crippen LogP contribution in [0.1, 0.15) is 59.6 Å². The first-order chi connectivity index (χ1) is 12.0. The molecule has 0 bridgehead atoms. The zero-order valence-corrected chi connectivity index (χ0v) is 21.3. The van der Waals surface area contributed by atoms with Gasteiger partial charge >= 0.3 is 0 Å². The van der Waals surface area contributed by atoms with Crippen LogP contribution in [-0.2, 0) is 38.1 Å². The summed E-state index contributed by atoms with van der Waals surface area (Å²) in [6.45, 7) is 17.6. The molecular weight excluding hydrogens is 401 g/mol. The van der Waals surface area contributed by atoms with E-state index in [-0.39, 0.29) is 38.1 Å². The SMILES string of the molecule is CC(C)(C)C.Cc1ccc(C(C)(C)C)cc1.[Y].[c-]1ccc2ccccc2c1. The van der Waals surface area contributed by atoms with E-state index in [9.17, 15) is 0 Å². The number of rotatable bonds is 0. The Labute approximate surface area is 192 Å². The maximum atomic E-state index is 3.04. The van der Waals surface area contributed by atoms with Crippen LogP contribution in [0.3, 0.4) is 0 Å². The summed E-state index contributed by atoms with van der Waals surface area (Å²) in [5, 5.41) is 2.53. The molecule has 0 nitrogen and oxygen atoms in total. The topological polar surface area (TPSA) is 0 Å². The van der Waals surface area contributed by atoms with E-state index >= 15 is 0 Å². The molecule has 0 atom stereocenters. The predicted octanol–water partition coefficient (Wildman–Crippen LogP) is 7.98. The second-order valence-electron chi connectivity index (χ2n) is 9.39. The van der Waals surface area contributed by atoms with E-state index in [1.165, 1.54) is 21.9 Å². The van der Waals surface area contributed by atoms with Gasteiger partial charge in [0.2, 0.25) is 0 Å². The Hall–Kier alpha value is -0.976. The molecule has 0 heterocycles. The molecule has 0 aromatic heterocycles. The summed E-state index contributed by atoms with van der Waals surface area (Å²) in [7, 11) is 0. The standard InChI is InChI=1S/C11H16.C10H7.C5H12.Y/c1-9-5-7-10(8-6-9)11(2,3)4;1-2-6-10-8-4-3-7-9(10)5-1;1-5(2,3)4;/h5-8H,1-4H3;1-3,5-8H;1-4H3;/q;-1;;. The molecule has 0 spiro atoms. The molecule has 0 aliphatic heterocycles. The van der Waals surface area contributed by atoms with Crippen molar-refractivity contribution < 1.29 is 32.7 Å². The van der Waals surface area contributed by atoms with Crippen molar-refractivity contribution in [3.63, 3.8) is 0 Å². The Bertz CT molecular complexity index is 700. The van der Waals surface area contributed by atoms with Crippen LogP contribution in [0, 0.1) is 18.4 Å². The molecule has 3 aromatic carbocycles. The van der Waals surface area contributed by atoms with Crippen LogP contribution in [0.4, 0.5) is 0 Å². The normalized spacial score (nSPS) is 10.7. The van der Waals surface area contributed by atoms with E-state index in [0.29, 0.717) is 5.41 Å². The Morgan fingerprint density at radius 3 is 1.59 bits per heavy atom. The molecule has 1 heteroatoms. The first-order valence-electron chi connectivity index (χ1n) is 9.39. The molecule has 1 radical (unpaired) electrons. The Morgan fingerprint density at radius 2 is 1.15 bits per heavy atom. The van der Waals surface area contributed by atoms with Gasteiger partial charge < -0.3 is 0 Å². The van der Waals surface area contributed by atoms with Crippen molar-refractivity contribution in [1.29, 1.82) is 0 Å². The van der Waals surface area contributed by atoms with Gasteiger partial charge in [-0.1, -0.05) is 96.5 Å². The van der Waals surface area contributed by atoms with E-state index in [1.807, 2.05) is 24.3 Å². The number of aryl methyl sites for hydroxylation is 1. The molecule has 27 heavy (non-hydrogen) atoms. The van der Waals surface area contributed by atoms with Gasteiger partial charge in [0.05, 0.1) is 0 Å². The minimum atomic E-state index is 0. The molecule has 3 aromatic rings. The van der Waals surface area contributed by atoms with E-state index < -0.39 is 0 Å². The third kappa shape index (κ3) is 12.2. The van der Waals surface area contributed by atoms with Crippen molar-refractivity contribution in [1.82, 2.24) is 0 Å². The van der Waals surface area contributed by atoms with E-state index in [4.69, 9.17) is 0 Å². The van der Waals surface area contributed by atoms with Crippen LogP contribution < -0.4 is 0 Å². The fourth-order valence-electron chi connectivity index (χ4n) is 2.12. The maximum Gasteiger partial charge on any atom is 0 e. The molecule has 0 saturated heterocycles. The Morgan fingerprint density at radius 1 is 0.667 bits per heavy atom. The van der Waals surface area contributed by atoms with Gasteiger partial charge in [-0.2, -0.15) is 24.3 Å². The van der Waals surface area contributed by atoms with Gasteiger partial charge in [-0.3, -0.25) is 0 Å². The molecule has 3 rings (SSSR count). The van der Waals surface area contributed by atoms with Gasteiger partial charge in [-0.05, 0) is 23.3 Å². The largest absolute Gasteiger partial charge is 0.183 e. The van der Waals surface area contributed by atoms with Crippen molar-refractivity contribution >= 4 is 10.8 Å². The fraction of sp³-hybridized carbons (Fsp3) is 0.385. The van der Waals surface area contributed by atoms with Crippen LogP contribution in [0.25, 0.3) is 10.8 Å². The van der Waals surface area contributed by atoms with Gasteiger partial charge in [-0.15, -0.1) is 16.8 Å². The van der Waals surface area contributed by atoms with Crippen molar-refractivity contribution in [2.75, 3.05) is 0 Å². The van der Waals surface area contributed by atoms with Gasteiger partial charge in [0.1, 0.15) is 0 Å². The Kier molecular flexibility index (Phi) is 11.3. The number of hydrogen-bond acceptors (Lipinski definition) is 0. The molecule has 0 unspecified atom stereocenters. The van der Waals surface area contributed by atoms with Crippen LogP contribution in [-0.4, -0.2) is 0 Å². The van der Waals surface area contributed by atoms with Crippen LogP contribution in [0.15, 0.2) is 66.7 Å². The summed E-state index contributed by atoms with van der Waals surface area (Å²) in [4.78, 5) is 0. The summed E-state index contributed by atoms with van der Waals surface area (Å²) < 4.78 is 0. The average molecular weight is 436 g/mol. The number of benzene rings is 3. The van der Waals surface area contributed by atoms with Gasteiger partial charge in [0.15, 0.2) is 0 Å². The molecule has 0 N–H and O–H groups in total. The van der Waals surface area contributed by atoms with Crippen LogP contribution in [0.5, 0.6) is 0 Å². The molecule has 0 saturated carbocycles. The molecule has 143 valence electrons. The second-order valence-corrected chi connectivity index (χ2v) is 9.39. The van der Waals surface area contributed by atoms with Crippen molar-refractivity contribution in [3.8, 4) is 0 Å². The van der Waals surface area contributed by atoms with E-state index in [1.54, 1.807) is 0 Å². The van der Waals surface area contributed by atoms with Crippen LogP contribution in [0.2, 0.25) is 0 Å². The minimum Gasteiger partial charge on any atom is -0.183 e. The first-order valence-corrected chi connectivity index (χ1v) is 9.39. The van der Waals surface area contributed by atoms with Gasteiger partial charge in [0.25, 0.3) is 0 Å². The zero-order chi connectivity index (χ0) is 19.8. The Balaban J connectivity index is 0.000000394. The maximum absolute atomic E-state index is 3.04. The van der Waals surface area contributed by atoms with Crippen LogP contribution >= 0.6 is 0 Å². The molecule has 0 aliphatic carbocycles. The second kappa shape index (κ2) is 11.8. The summed E-state index contributed by atoms with van der Waals surface area (Å²) in [6.07, 6.45) is 0. The van der Waals surface area contributed by atoms with Gasteiger partial charge in [-0.25, -0.2) is 0 Å². The molecule has 0 amide bonds. The van der Waals surface area contributed by atoms with Crippen molar-refractivity contribution in [3.05, 3.63) is 83.9 Å². The van der Waals surface area contributed by atoms with Gasteiger partial charge in [0, 0.05) is 32.7 Å². The third-order valence-corrected chi connectivity index (χ3v) is 3.51. The van der Waals surface area contributed by atoms with E-state index in [2.05, 4.69) is 104 Å². The smallest absolute Gasteiger partial charge is 0 e. The zero-order valence-electron chi connectivity index (χ0n) is 18.4. The number of hydrogen-bond donors (Lipinski definition) is 0. The van der Waals surface area contributed by atoms with E-state index in [0.717, 1.165) is 0 Å². The third-order valence-electron chi connectivity index (χ3n) is 3.51. The monoisotopic (exact) mass is 436 g/mol. The predicted molar refractivity (Wildman–Crippen MR) is 118 cm³/mol.